The summed E-state index contributed by atoms with van der Waals surface area (Å²) in [7, 11) is 0. The summed E-state index contributed by atoms with van der Waals surface area (Å²) in [6.45, 7) is 12.3. The minimum absolute atomic E-state index is 0.101. The van der Waals surface area contributed by atoms with E-state index in [9.17, 15) is 0 Å². The van der Waals surface area contributed by atoms with E-state index in [1.165, 1.54) is 17.4 Å². The summed E-state index contributed by atoms with van der Waals surface area (Å²) in [5, 5.41) is 0. The fourth-order valence-corrected chi connectivity index (χ4v) is 1.58. The number of benzene rings is 1. The highest BCUT2D eigenvalue weighted by atomic mass is 16.5. The van der Waals surface area contributed by atoms with Gasteiger partial charge in [0.25, 0.3) is 0 Å². The molecule has 1 aromatic carbocycles. The van der Waals surface area contributed by atoms with Crippen molar-refractivity contribution in [2.75, 3.05) is 0 Å². The molecule has 0 aliphatic carbocycles. The van der Waals surface area contributed by atoms with Crippen LogP contribution >= 0.6 is 0 Å². The Kier molecular flexibility index (Phi) is 3.57. The van der Waals surface area contributed by atoms with Gasteiger partial charge in [-0.3, -0.25) is 0 Å². The SMILES string of the molecule is C=COc1ccc(CC)cc1C(C)(C)C. The lowest BCUT2D eigenvalue weighted by atomic mass is 9.85. The normalized spacial score (nSPS) is 11.2. The number of hydrogen-bond acceptors (Lipinski definition) is 1. The first-order valence-electron chi connectivity index (χ1n) is 5.40. The van der Waals surface area contributed by atoms with Crippen LogP contribution in [0.25, 0.3) is 0 Å². The van der Waals surface area contributed by atoms with Gasteiger partial charge in [-0.15, -0.1) is 0 Å². The molecule has 0 fully saturated rings. The minimum atomic E-state index is 0.101. The molecule has 82 valence electrons. The van der Waals surface area contributed by atoms with Crippen molar-refractivity contribution in [2.24, 2.45) is 0 Å². The van der Waals surface area contributed by atoms with Gasteiger partial charge in [-0.05, 0) is 23.5 Å². The lowest BCUT2D eigenvalue weighted by Gasteiger charge is -2.22. The quantitative estimate of drug-likeness (QED) is 0.674. The molecule has 0 spiro atoms. The Labute approximate surface area is 92.8 Å². The van der Waals surface area contributed by atoms with Gasteiger partial charge >= 0.3 is 0 Å². The van der Waals surface area contributed by atoms with Crippen LogP contribution in [0.4, 0.5) is 0 Å². The molecular formula is C14H20O. The second-order valence-electron chi connectivity index (χ2n) is 4.72. The Morgan fingerprint density at radius 1 is 1.33 bits per heavy atom. The summed E-state index contributed by atoms with van der Waals surface area (Å²) in [4.78, 5) is 0. The van der Waals surface area contributed by atoms with Gasteiger partial charge < -0.3 is 4.74 Å². The van der Waals surface area contributed by atoms with E-state index in [1.54, 1.807) is 0 Å². The van der Waals surface area contributed by atoms with E-state index in [0.29, 0.717) is 0 Å². The largest absolute Gasteiger partial charge is 0.465 e. The van der Waals surface area contributed by atoms with E-state index >= 15 is 0 Å². The lowest BCUT2D eigenvalue weighted by molar-refractivity contribution is 0.455. The predicted octanol–water partition coefficient (Wildman–Crippen LogP) is 4.07. The third-order valence-corrected chi connectivity index (χ3v) is 2.47. The van der Waals surface area contributed by atoms with Gasteiger partial charge in [0.2, 0.25) is 0 Å². The van der Waals surface area contributed by atoms with Crippen molar-refractivity contribution >= 4 is 0 Å². The molecule has 0 heterocycles. The molecule has 1 rings (SSSR count). The lowest BCUT2D eigenvalue weighted by Crippen LogP contribution is -2.13. The molecule has 1 heteroatoms. The van der Waals surface area contributed by atoms with Gasteiger partial charge in [0.05, 0.1) is 6.26 Å². The average Bonchev–Trinajstić information content (AvgIpc) is 2.17. The smallest absolute Gasteiger partial charge is 0.130 e. The molecule has 15 heavy (non-hydrogen) atoms. The highest BCUT2D eigenvalue weighted by Crippen LogP contribution is 2.32. The van der Waals surface area contributed by atoms with Crippen molar-refractivity contribution < 1.29 is 4.74 Å². The van der Waals surface area contributed by atoms with E-state index in [-0.39, 0.29) is 5.41 Å². The minimum Gasteiger partial charge on any atom is -0.465 e. The molecule has 0 saturated heterocycles. The zero-order valence-corrected chi connectivity index (χ0v) is 10.1. The summed E-state index contributed by atoms with van der Waals surface area (Å²) in [6.07, 6.45) is 2.54. The van der Waals surface area contributed by atoms with Crippen molar-refractivity contribution in [3.8, 4) is 5.75 Å². The van der Waals surface area contributed by atoms with Crippen LogP contribution in [0.3, 0.4) is 0 Å². The average molecular weight is 204 g/mol. The molecule has 0 bridgehead atoms. The van der Waals surface area contributed by atoms with Gasteiger partial charge in [0, 0.05) is 5.56 Å². The van der Waals surface area contributed by atoms with E-state index in [0.717, 1.165) is 12.2 Å². The number of rotatable bonds is 3. The van der Waals surface area contributed by atoms with E-state index in [4.69, 9.17) is 4.74 Å². The Bertz CT molecular complexity index is 345. The van der Waals surface area contributed by atoms with Crippen LogP contribution in [-0.2, 0) is 11.8 Å². The summed E-state index contributed by atoms with van der Waals surface area (Å²) in [5.74, 6) is 0.912. The van der Waals surface area contributed by atoms with Crippen LogP contribution in [-0.4, -0.2) is 0 Å². The topological polar surface area (TPSA) is 9.23 Å². The second kappa shape index (κ2) is 4.52. The van der Waals surface area contributed by atoms with Gasteiger partial charge in [-0.2, -0.15) is 0 Å². The molecule has 0 unspecified atom stereocenters. The van der Waals surface area contributed by atoms with E-state index in [1.807, 2.05) is 6.07 Å². The Morgan fingerprint density at radius 2 is 2.00 bits per heavy atom. The standard InChI is InChI=1S/C14H20O/c1-6-11-8-9-13(15-7-2)12(10-11)14(3,4)5/h7-10H,2,6H2,1,3-5H3. The van der Waals surface area contributed by atoms with Crippen LogP contribution in [0, 0.1) is 0 Å². The fraction of sp³-hybridized carbons (Fsp3) is 0.429. The zero-order chi connectivity index (χ0) is 11.5. The molecule has 0 saturated carbocycles. The first kappa shape index (κ1) is 11.8. The van der Waals surface area contributed by atoms with Crippen molar-refractivity contribution in [1.29, 1.82) is 0 Å². The molecule has 1 aromatic rings. The van der Waals surface area contributed by atoms with Crippen LogP contribution in [0.2, 0.25) is 0 Å². The predicted molar refractivity (Wildman–Crippen MR) is 65.3 cm³/mol. The molecule has 0 aromatic heterocycles. The second-order valence-corrected chi connectivity index (χ2v) is 4.72. The third kappa shape index (κ3) is 2.85. The van der Waals surface area contributed by atoms with Crippen molar-refractivity contribution in [2.45, 2.75) is 39.5 Å². The summed E-state index contributed by atoms with van der Waals surface area (Å²) in [5.41, 5.74) is 2.68. The highest BCUT2D eigenvalue weighted by Gasteiger charge is 2.18. The van der Waals surface area contributed by atoms with Crippen LogP contribution < -0.4 is 4.74 Å². The molecule has 0 atom stereocenters. The number of hydrogen-bond donors (Lipinski definition) is 0. The van der Waals surface area contributed by atoms with Crippen LogP contribution in [0.5, 0.6) is 5.75 Å². The van der Waals surface area contributed by atoms with Crippen LogP contribution in [0.15, 0.2) is 31.0 Å². The monoisotopic (exact) mass is 204 g/mol. The number of ether oxygens (including phenoxy) is 1. The van der Waals surface area contributed by atoms with Gasteiger partial charge in [0.15, 0.2) is 0 Å². The van der Waals surface area contributed by atoms with Gasteiger partial charge in [-0.25, -0.2) is 0 Å². The van der Waals surface area contributed by atoms with Crippen molar-refractivity contribution in [3.63, 3.8) is 0 Å². The van der Waals surface area contributed by atoms with Gasteiger partial charge in [-0.1, -0.05) is 46.4 Å². The molecule has 0 N–H and O–H groups in total. The zero-order valence-electron chi connectivity index (χ0n) is 10.1. The Morgan fingerprint density at radius 3 is 2.47 bits per heavy atom. The summed E-state index contributed by atoms with van der Waals surface area (Å²) < 4.78 is 5.43. The van der Waals surface area contributed by atoms with E-state index < -0.39 is 0 Å². The van der Waals surface area contributed by atoms with Crippen molar-refractivity contribution in [3.05, 3.63) is 42.2 Å². The Balaban J connectivity index is 3.22. The van der Waals surface area contributed by atoms with Gasteiger partial charge in [0.1, 0.15) is 5.75 Å². The van der Waals surface area contributed by atoms with Crippen LogP contribution in [0.1, 0.15) is 38.8 Å². The third-order valence-electron chi connectivity index (χ3n) is 2.47. The molecule has 0 aliphatic heterocycles. The fourth-order valence-electron chi connectivity index (χ4n) is 1.58. The maximum Gasteiger partial charge on any atom is 0.130 e. The molecule has 0 amide bonds. The number of aryl methyl sites for hydroxylation is 1. The van der Waals surface area contributed by atoms with Crippen molar-refractivity contribution in [1.82, 2.24) is 0 Å². The maximum absolute atomic E-state index is 5.43. The molecule has 0 radical (unpaired) electrons. The van der Waals surface area contributed by atoms with E-state index in [2.05, 4.69) is 46.4 Å². The summed E-state index contributed by atoms with van der Waals surface area (Å²) in [6, 6.07) is 6.36. The first-order chi connectivity index (χ1) is 6.99. The first-order valence-corrected chi connectivity index (χ1v) is 5.40. The Hall–Kier alpha value is -1.24. The highest BCUT2D eigenvalue weighted by molar-refractivity contribution is 5.42. The molecular weight excluding hydrogens is 184 g/mol. The molecule has 0 aliphatic rings. The molecule has 1 nitrogen and oxygen atoms in total. The maximum atomic E-state index is 5.43. The summed E-state index contributed by atoms with van der Waals surface area (Å²) >= 11 is 0.